The normalized spacial score (nSPS) is 12.4. The SMILES string of the molecule is CCCCCCCC(C)Nc1ccc(O)c(F)c1. The Labute approximate surface area is 109 Å². The lowest BCUT2D eigenvalue weighted by Crippen LogP contribution is -2.14. The number of phenolic OH excluding ortho intramolecular Hbond substituents is 1. The molecule has 18 heavy (non-hydrogen) atoms. The van der Waals surface area contributed by atoms with Crippen molar-refractivity contribution >= 4 is 5.69 Å². The van der Waals surface area contributed by atoms with Crippen molar-refractivity contribution in [2.75, 3.05) is 5.32 Å². The lowest BCUT2D eigenvalue weighted by molar-refractivity contribution is 0.432. The Morgan fingerprint density at radius 1 is 1.22 bits per heavy atom. The van der Waals surface area contributed by atoms with Crippen molar-refractivity contribution in [1.82, 2.24) is 0 Å². The van der Waals surface area contributed by atoms with E-state index in [2.05, 4.69) is 19.2 Å². The number of phenols is 1. The zero-order valence-electron chi connectivity index (χ0n) is 11.4. The predicted molar refractivity (Wildman–Crippen MR) is 74.5 cm³/mol. The van der Waals surface area contributed by atoms with E-state index in [4.69, 9.17) is 5.11 Å². The van der Waals surface area contributed by atoms with Crippen LogP contribution in [-0.4, -0.2) is 11.1 Å². The summed E-state index contributed by atoms with van der Waals surface area (Å²) in [6.07, 6.45) is 7.44. The topological polar surface area (TPSA) is 32.3 Å². The Kier molecular flexibility index (Phi) is 6.55. The Bertz CT molecular complexity index is 354. The molecule has 1 unspecified atom stereocenters. The van der Waals surface area contributed by atoms with Crippen LogP contribution in [0.2, 0.25) is 0 Å². The fourth-order valence-corrected chi connectivity index (χ4v) is 2.01. The van der Waals surface area contributed by atoms with E-state index < -0.39 is 5.82 Å². The van der Waals surface area contributed by atoms with E-state index in [9.17, 15) is 4.39 Å². The largest absolute Gasteiger partial charge is 0.505 e. The average molecular weight is 253 g/mol. The minimum absolute atomic E-state index is 0.298. The number of unbranched alkanes of at least 4 members (excludes halogenated alkanes) is 4. The van der Waals surface area contributed by atoms with Gasteiger partial charge in [-0.2, -0.15) is 0 Å². The van der Waals surface area contributed by atoms with Crippen molar-refractivity contribution in [2.24, 2.45) is 0 Å². The smallest absolute Gasteiger partial charge is 0.166 e. The van der Waals surface area contributed by atoms with Crippen LogP contribution in [0.25, 0.3) is 0 Å². The molecule has 1 aromatic rings. The highest BCUT2D eigenvalue weighted by Crippen LogP contribution is 2.20. The molecular weight excluding hydrogens is 229 g/mol. The van der Waals surface area contributed by atoms with Gasteiger partial charge in [0.05, 0.1) is 0 Å². The maximum atomic E-state index is 13.1. The van der Waals surface area contributed by atoms with Gasteiger partial charge in [-0.25, -0.2) is 4.39 Å². The van der Waals surface area contributed by atoms with Gasteiger partial charge in [-0.1, -0.05) is 39.0 Å². The molecule has 1 atom stereocenters. The van der Waals surface area contributed by atoms with Crippen molar-refractivity contribution < 1.29 is 9.50 Å². The van der Waals surface area contributed by atoms with Gasteiger partial charge in [0, 0.05) is 17.8 Å². The van der Waals surface area contributed by atoms with Crippen molar-refractivity contribution in [3.8, 4) is 5.75 Å². The average Bonchev–Trinajstić information content (AvgIpc) is 2.34. The lowest BCUT2D eigenvalue weighted by atomic mass is 10.1. The summed E-state index contributed by atoms with van der Waals surface area (Å²) in [5.74, 6) is -0.872. The molecule has 102 valence electrons. The number of anilines is 1. The van der Waals surface area contributed by atoms with E-state index in [0.717, 1.165) is 12.1 Å². The first-order chi connectivity index (χ1) is 8.63. The highest BCUT2D eigenvalue weighted by atomic mass is 19.1. The fourth-order valence-electron chi connectivity index (χ4n) is 2.01. The molecule has 0 aliphatic rings. The van der Waals surface area contributed by atoms with Gasteiger partial charge in [-0.05, 0) is 25.5 Å². The Morgan fingerprint density at radius 3 is 2.61 bits per heavy atom. The van der Waals surface area contributed by atoms with Gasteiger partial charge >= 0.3 is 0 Å². The van der Waals surface area contributed by atoms with Gasteiger partial charge in [0.15, 0.2) is 11.6 Å². The number of hydrogen-bond donors (Lipinski definition) is 2. The first-order valence-electron chi connectivity index (χ1n) is 6.88. The third kappa shape index (κ3) is 5.39. The highest BCUT2D eigenvalue weighted by Gasteiger charge is 2.05. The van der Waals surface area contributed by atoms with Crippen molar-refractivity contribution in [1.29, 1.82) is 0 Å². The molecule has 0 fully saturated rings. The monoisotopic (exact) mass is 253 g/mol. The predicted octanol–water partition coefficient (Wildman–Crippen LogP) is 4.69. The molecule has 0 aliphatic heterocycles. The summed E-state index contributed by atoms with van der Waals surface area (Å²) in [6.45, 7) is 4.31. The van der Waals surface area contributed by atoms with Crippen molar-refractivity contribution in [3.05, 3.63) is 24.0 Å². The summed E-state index contributed by atoms with van der Waals surface area (Å²) in [7, 11) is 0. The third-order valence-electron chi connectivity index (χ3n) is 3.10. The van der Waals surface area contributed by atoms with Crippen LogP contribution in [0.3, 0.4) is 0 Å². The van der Waals surface area contributed by atoms with Crippen LogP contribution >= 0.6 is 0 Å². The van der Waals surface area contributed by atoms with Gasteiger partial charge in [0.25, 0.3) is 0 Å². The van der Waals surface area contributed by atoms with Crippen LogP contribution < -0.4 is 5.32 Å². The van der Waals surface area contributed by atoms with E-state index in [-0.39, 0.29) is 5.75 Å². The molecule has 0 bridgehead atoms. The summed E-state index contributed by atoms with van der Waals surface area (Å²) < 4.78 is 13.1. The summed E-state index contributed by atoms with van der Waals surface area (Å²) in [6, 6.07) is 4.75. The highest BCUT2D eigenvalue weighted by molar-refractivity contribution is 5.47. The van der Waals surface area contributed by atoms with E-state index in [1.807, 2.05) is 0 Å². The maximum Gasteiger partial charge on any atom is 0.166 e. The molecule has 1 rings (SSSR count). The number of aromatic hydroxyl groups is 1. The summed E-state index contributed by atoms with van der Waals surface area (Å²) in [5, 5.41) is 12.3. The van der Waals surface area contributed by atoms with E-state index in [1.54, 1.807) is 6.07 Å². The van der Waals surface area contributed by atoms with E-state index >= 15 is 0 Å². The molecule has 0 aromatic heterocycles. The molecule has 2 N–H and O–H groups in total. The molecule has 0 saturated carbocycles. The molecule has 2 nitrogen and oxygen atoms in total. The Hall–Kier alpha value is -1.25. The van der Waals surface area contributed by atoms with Crippen LogP contribution in [-0.2, 0) is 0 Å². The number of benzene rings is 1. The standard InChI is InChI=1S/C15H24FNO/c1-3-4-5-6-7-8-12(2)17-13-9-10-15(18)14(16)11-13/h9-12,17-18H,3-8H2,1-2H3. The van der Waals surface area contributed by atoms with Gasteiger partial charge in [0.1, 0.15) is 0 Å². The summed E-state index contributed by atoms with van der Waals surface area (Å²) in [5.41, 5.74) is 0.728. The number of nitrogens with one attached hydrogen (secondary N) is 1. The zero-order chi connectivity index (χ0) is 13.4. The third-order valence-corrected chi connectivity index (χ3v) is 3.10. The molecule has 1 aromatic carbocycles. The van der Waals surface area contributed by atoms with Crippen LogP contribution in [0, 0.1) is 5.82 Å². The maximum absolute atomic E-state index is 13.1. The summed E-state index contributed by atoms with van der Waals surface area (Å²) in [4.78, 5) is 0. The van der Waals surface area contributed by atoms with Crippen LogP contribution in [0.1, 0.15) is 52.4 Å². The molecule has 0 radical (unpaired) electrons. The first kappa shape index (κ1) is 14.8. The molecule has 0 spiro atoms. The molecule has 0 aliphatic carbocycles. The Morgan fingerprint density at radius 2 is 1.94 bits per heavy atom. The second-order valence-corrected chi connectivity index (χ2v) is 4.91. The molecular formula is C15H24FNO. The number of hydrogen-bond acceptors (Lipinski definition) is 2. The molecule has 0 amide bonds. The van der Waals surface area contributed by atoms with Crippen molar-refractivity contribution in [3.63, 3.8) is 0 Å². The second kappa shape index (κ2) is 7.96. The fraction of sp³-hybridized carbons (Fsp3) is 0.600. The minimum Gasteiger partial charge on any atom is -0.505 e. The summed E-state index contributed by atoms with van der Waals surface area (Å²) >= 11 is 0. The van der Waals surface area contributed by atoms with Crippen LogP contribution in [0.15, 0.2) is 18.2 Å². The second-order valence-electron chi connectivity index (χ2n) is 4.91. The van der Waals surface area contributed by atoms with Crippen molar-refractivity contribution in [2.45, 2.75) is 58.4 Å². The first-order valence-corrected chi connectivity index (χ1v) is 6.88. The Balaban J connectivity index is 2.26. The molecule has 0 heterocycles. The van der Waals surface area contributed by atoms with Gasteiger partial charge in [-0.3, -0.25) is 0 Å². The van der Waals surface area contributed by atoms with E-state index in [1.165, 1.54) is 44.2 Å². The number of halogens is 1. The lowest BCUT2D eigenvalue weighted by Gasteiger charge is -2.15. The van der Waals surface area contributed by atoms with Gasteiger partial charge in [0.2, 0.25) is 0 Å². The zero-order valence-corrected chi connectivity index (χ0v) is 11.4. The number of rotatable bonds is 8. The van der Waals surface area contributed by atoms with E-state index in [0.29, 0.717) is 6.04 Å². The quantitative estimate of drug-likeness (QED) is 0.520. The van der Waals surface area contributed by atoms with Gasteiger partial charge in [-0.15, -0.1) is 0 Å². The van der Waals surface area contributed by atoms with Crippen LogP contribution in [0.5, 0.6) is 5.75 Å². The van der Waals surface area contributed by atoms with Gasteiger partial charge < -0.3 is 10.4 Å². The van der Waals surface area contributed by atoms with Crippen LogP contribution in [0.4, 0.5) is 10.1 Å². The molecule has 3 heteroatoms. The minimum atomic E-state index is -0.574. The molecule has 0 saturated heterocycles.